The van der Waals surface area contributed by atoms with Crippen molar-refractivity contribution in [3.63, 3.8) is 0 Å². The van der Waals surface area contributed by atoms with Gasteiger partial charge in [-0.3, -0.25) is 4.79 Å². The van der Waals surface area contributed by atoms with Crippen molar-refractivity contribution in [2.45, 2.75) is 0 Å². The Kier molecular flexibility index (Phi) is 5.49. The summed E-state index contributed by atoms with van der Waals surface area (Å²) in [5.74, 6) is 0.374. The minimum absolute atomic E-state index is 0.288. The first kappa shape index (κ1) is 17.2. The van der Waals surface area contributed by atoms with Gasteiger partial charge in [-0.2, -0.15) is 5.10 Å². The van der Waals surface area contributed by atoms with Crippen LogP contribution in [0.15, 0.2) is 72.0 Å². The molecule has 5 nitrogen and oxygen atoms in total. The highest BCUT2D eigenvalue weighted by Gasteiger charge is 2.08. The second kappa shape index (κ2) is 7.98. The fourth-order valence-electron chi connectivity index (χ4n) is 2.35. The summed E-state index contributed by atoms with van der Waals surface area (Å²) in [4.78, 5) is 12.2. The summed E-state index contributed by atoms with van der Waals surface area (Å²) in [7, 11) is 1.58. The lowest BCUT2D eigenvalue weighted by Gasteiger charge is -2.06. The molecular weight excluding hydrogens is 429 g/mol. The third-order valence-corrected chi connectivity index (χ3v) is 4.48. The molecule has 6 heteroatoms. The van der Waals surface area contributed by atoms with Crippen LogP contribution in [0.4, 0.5) is 0 Å². The number of carbonyl (C=O) groups is 1. The van der Waals surface area contributed by atoms with E-state index in [0.29, 0.717) is 11.3 Å². The van der Waals surface area contributed by atoms with E-state index in [2.05, 4.69) is 33.1 Å². The van der Waals surface area contributed by atoms with Crippen LogP contribution in [-0.2, 0) is 0 Å². The second-order valence-electron chi connectivity index (χ2n) is 5.19. The van der Waals surface area contributed by atoms with E-state index in [1.54, 1.807) is 25.5 Å². The first-order chi connectivity index (χ1) is 12.2. The van der Waals surface area contributed by atoms with E-state index in [9.17, 15) is 4.79 Å². The van der Waals surface area contributed by atoms with Crippen molar-refractivity contribution < 1.29 is 9.53 Å². The largest absolute Gasteiger partial charge is 0.496 e. The number of para-hydroxylation sites is 1. The summed E-state index contributed by atoms with van der Waals surface area (Å²) in [5.41, 5.74) is 4.94. The lowest BCUT2D eigenvalue weighted by atomic mass is 10.2. The molecule has 0 saturated heterocycles. The van der Waals surface area contributed by atoms with Gasteiger partial charge in [-0.15, -0.1) is 0 Å². The van der Waals surface area contributed by atoms with Gasteiger partial charge in [-0.1, -0.05) is 18.2 Å². The SMILES string of the molecule is COc1cc(C(=O)N/N=C/c2cccn2-c2ccccc2)ccc1I. The summed E-state index contributed by atoms with van der Waals surface area (Å²) in [6, 6.07) is 19.1. The third-order valence-electron chi connectivity index (χ3n) is 3.59. The molecule has 0 aliphatic heterocycles. The molecule has 0 spiro atoms. The zero-order valence-electron chi connectivity index (χ0n) is 13.5. The summed E-state index contributed by atoms with van der Waals surface area (Å²) in [6.07, 6.45) is 3.57. The number of amides is 1. The normalized spacial score (nSPS) is 10.8. The fourth-order valence-corrected chi connectivity index (χ4v) is 2.90. The molecule has 0 atom stereocenters. The average molecular weight is 445 g/mol. The van der Waals surface area contributed by atoms with Gasteiger partial charge in [0.2, 0.25) is 0 Å². The Balaban J connectivity index is 1.72. The van der Waals surface area contributed by atoms with E-state index in [1.807, 2.05) is 59.3 Å². The minimum Gasteiger partial charge on any atom is -0.496 e. The minimum atomic E-state index is -0.288. The van der Waals surface area contributed by atoms with Crippen LogP contribution >= 0.6 is 22.6 Å². The number of ether oxygens (including phenoxy) is 1. The molecule has 126 valence electrons. The van der Waals surface area contributed by atoms with E-state index in [4.69, 9.17) is 4.74 Å². The van der Waals surface area contributed by atoms with Gasteiger partial charge in [0.25, 0.3) is 5.91 Å². The summed E-state index contributed by atoms with van der Waals surface area (Å²) in [6.45, 7) is 0. The molecule has 3 rings (SSSR count). The standard InChI is InChI=1S/C19H16IN3O2/c1-25-18-12-14(9-10-17(18)20)19(24)22-21-13-16-8-5-11-23(16)15-6-3-2-4-7-15/h2-13H,1H3,(H,22,24)/b21-13+. The van der Waals surface area contributed by atoms with Gasteiger partial charge in [0.05, 0.1) is 22.6 Å². The molecule has 1 amide bonds. The molecule has 0 bridgehead atoms. The molecule has 1 N–H and O–H groups in total. The lowest BCUT2D eigenvalue weighted by Crippen LogP contribution is -2.18. The predicted octanol–water partition coefficient (Wildman–Crippen LogP) is 3.85. The Bertz CT molecular complexity index is 904. The third kappa shape index (κ3) is 4.08. The van der Waals surface area contributed by atoms with Gasteiger partial charge in [0.1, 0.15) is 5.75 Å². The van der Waals surface area contributed by atoms with Crippen LogP contribution in [0.1, 0.15) is 16.1 Å². The van der Waals surface area contributed by atoms with Crippen LogP contribution < -0.4 is 10.2 Å². The Morgan fingerprint density at radius 3 is 2.72 bits per heavy atom. The Hall–Kier alpha value is -2.61. The van der Waals surface area contributed by atoms with Crippen molar-refractivity contribution in [1.82, 2.24) is 9.99 Å². The highest BCUT2D eigenvalue weighted by Crippen LogP contribution is 2.21. The van der Waals surface area contributed by atoms with Crippen LogP contribution in [0.5, 0.6) is 5.75 Å². The van der Waals surface area contributed by atoms with Crippen LogP contribution in [0.25, 0.3) is 5.69 Å². The monoisotopic (exact) mass is 445 g/mol. The van der Waals surface area contributed by atoms with Crippen molar-refractivity contribution in [2.75, 3.05) is 7.11 Å². The van der Waals surface area contributed by atoms with Crippen molar-refractivity contribution in [3.05, 3.63) is 81.7 Å². The number of halogens is 1. The first-order valence-corrected chi connectivity index (χ1v) is 8.66. The van der Waals surface area contributed by atoms with Gasteiger partial charge in [0.15, 0.2) is 0 Å². The zero-order chi connectivity index (χ0) is 17.6. The van der Waals surface area contributed by atoms with Gasteiger partial charge in [-0.05, 0) is 65.1 Å². The van der Waals surface area contributed by atoms with E-state index in [1.165, 1.54) is 0 Å². The molecule has 0 saturated carbocycles. The molecular formula is C19H16IN3O2. The molecule has 0 aliphatic carbocycles. The fraction of sp³-hybridized carbons (Fsp3) is 0.0526. The number of hydrogen-bond donors (Lipinski definition) is 1. The average Bonchev–Trinajstić information content (AvgIpc) is 3.11. The number of nitrogens with zero attached hydrogens (tertiary/aromatic N) is 2. The Morgan fingerprint density at radius 1 is 1.16 bits per heavy atom. The number of carbonyl (C=O) groups excluding carboxylic acids is 1. The molecule has 25 heavy (non-hydrogen) atoms. The van der Waals surface area contributed by atoms with Gasteiger partial charge in [0, 0.05) is 17.4 Å². The molecule has 0 radical (unpaired) electrons. The summed E-state index contributed by atoms with van der Waals surface area (Å²) >= 11 is 2.16. The second-order valence-corrected chi connectivity index (χ2v) is 6.35. The van der Waals surface area contributed by atoms with Gasteiger partial charge >= 0.3 is 0 Å². The zero-order valence-corrected chi connectivity index (χ0v) is 15.7. The maximum atomic E-state index is 12.2. The number of aromatic nitrogens is 1. The molecule has 3 aromatic rings. The van der Waals surface area contributed by atoms with Crippen molar-refractivity contribution in [2.24, 2.45) is 5.10 Å². The maximum Gasteiger partial charge on any atom is 0.271 e. The van der Waals surface area contributed by atoms with E-state index in [0.717, 1.165) is 15.0 Å². The molecule has 1 heterocycles. The topological polar surface area (TPSA) is 55.6 Å². The van der Waals surface area contributed by atoms with Crippen LogP contribution in [0.3, 0.4) is 0 Å². The number of hydrogen-bond acceptors (Lipinski definition) is 3. The molecule has 0 aliphatic rings. The van der Waals surface area contributed by atoms with Crippen LogP contribution in [0, 0.1) is 3.57 Å². The summed E-state index contributed by atoms with van der Waals surface area (Å²) in [5, 5.41) is 4.07. The molecule has 0 fully saturated rings. The molecule has 0 unspecified atom stereocenters. The van der Waals surface area contributed by atoms with E-state index < -0.39 is 0 Å². The number of rotatable bonds is 5. The van der Waals surface area contributed by atoms with Crippen molar-refractivity contribution in [3.8, 4) is 11.4 Å². The Labute approximate surface area is 159 Å². The molecule has 1 aromatic heterocycles. The van der Waals surface area contributed by atoms with Crippen LogP contribution in [0.2, 0.25) is 0 Å². The highest BCUT2D eigenvalue weighted by atomic mass is 127. The van der Waals surface area contributed by atoms with Crippen LogP contribution in [-0.4, -0.2) is 23.8 Å². The lowest BCUT2D eigenvalue weighted by molar-refractivity contribution is 0.0954. The number of methoxy groups -OCH3 is 1. The predicted molar refractivity (Wildman–Crippen MR) is 107 cm³/mol. The van der Waals surface area contributed by atoms with Crippen molar-refractivity contribution in [1.29, 1.82) is 0 Å². The number of benzene rings is 2. The summed E-state index contributed by atoms with van der Waals surface area (Å²) < 4.78 is 8.17. The molecule has 2 aromatic carbocycles. The Morgan fingerprint density at radius 2 is 1.96 bits per heavy atom. The smallest absolute Gasteiger partial charge is 0.271 e. The number of hydrazone groups is 1. The maximum absolute atomic E-state index is 12.2. The highest BCUT2D eigenvalue weighted by molar-refractivity contribution is 14.1. The van der Waals surface area contributed by atoms with Gasteiger partial charge in [-0.25, -0.2) is 5.43 Å². The van der Waals surface area contributed by atoms with Crippen molar-refractivity contribution >= 4 is 34.7 Å². The quantitative estimate of drug-likeness (QED) is 0.369. The van der Waals surface area contributed by atoms with E-state index >= 15 is 0 Å². The number of nitrogens with one attached hydrogen (secondary N) is 1. The first-order valence-electron chi connectivity index (χ1n) is 7.59. The van der Waals surface area contributed by atoms with E-state index in [-0.39, 0.29) is 5.91 Å². The van der Waals surface area contributed by atoms with Gasteiger partial charge < -0.3 is 9.30 Å².